The van der Waals surface area contributed by atoms with Gasteiger partial charge in [0.25, 0.3) is 0 Å². The van der Waals surface area contributed by atoms with Crippen molar-refractivity contribution < 1.29 is 14.3 Å². The highest BCUT2D eigenvalue weighted by atomic mass is 35.5. The van der Waals surface area contributed by atoms with Gasteiger partial charge in [-0.15, -0.1) is 0 Å². The predicted molar refractivity (Wildman–Crippen MR) is 125 cm³/mol. The van der Waals surface area contributed by atoms with Crippen molar-refractivity contribution in [3.05, 3.63) is 77.0 Å². The van der Waals surface area contributed by atoms with Crippen LogP contribution in [-0.2, 0) is 11.2 Å². The van der Waals surface area contributed by atoms with Gasteiger partial charge in [-0.2, -0.15) is 4.98 Å². The van der Waals surface area contributed by atoms with Crippen LogP contribution >= 0.6 is 11.6 Å². The summed E-state index contributed by atoms with van der Waals surface area (Å²) >= 11 is 6.31. The molecule has 1 aromatic heterocycles. The number of carbonyl (C=O) groups is 2. The Morgan fingerprint density at radius 1 is 1.19 bits per heavy atom. The van der Waals surface area contributed by atoms with Gasteiger partial charge in [0.15, 0.2) is 11.6 Å². The number of primary amides is 1. The summed E-state index contributed by atoms with van der Waals surface area (Å²) in [6.45, 7) is 5.40. The second kappa shape index (κ2) is 9.93. The first-order chi connectivity index (χ1) is 15.3. The van der Waals surface area contributed by atoms with Crippen LogP contribution in [-0.4, -0.2) is 28.8 Å². The van der Waals surface area contributed by atoms with Gasteiger partial charge >= 0.3 is 0 Å². The number of amides is 1. The minimum absolute atomic E-state index is 0.135. The summed E-state index contributed by atoms with van der Waals surface area (Å²) < 4.78 is 5.26. The number of nitrogens with zero attached hydrogens (tertiary/aromatic N) is 2. The van der Waals surface area contributed by atoms with Crippen LogP contribution in [0.15, 0.2) is 55.3 Å². The zero-order chi connectivity index (χ0) is 23.3. The van der Waals surface area contributed by atoms with Gasteiger partial charge in [0.1, 0.15) is 10.8 Å². The van der Waals surface area contributed by atoms with E-state index in [1.807, 2.05) is 6.92 Å². The fraction of sp³-hybridized carbons (Fsp3) is 0.130. The Morgan fingerprint density at radius 3 is 2.66 bits per heavy atom. The van der Waals surface area contributed by atoms with E-state index in [0.29, 0.717) is 34.1 Å². The number of ether oxygens (including phenoxy) is 1. The number of halogens is 1. The maximum atomic E-state index is 11.9. The molecule has 32 heavy (non-hydrogen) atoms. The Hall–Kier alpha value is -3.91. The Balaban J connectivity index is 1.92. The number of allylic oxidation sites excluding steroid dienone is 1. The zero-order valence-corrected chi connectivity index (χ0v) is 18.4. The Bertz CT molecular complexity index is 1200. The second-order valence-corrected chi connectivity index (χ2v) is 7.31. The first-order valence-corrected chi connectivity index (χ1v) is 9.97. The quantitative estimate of drug-likeness (QED) is 0.414. The lowest BCUT2D eigenvalue weighted by atomic mass is 10.1. The Kier molecular flexibility index (Phi) is 7.07. The Morgan fingerprint density at radius 2 is 1.97 bits per heavy atom. The molecular weight excluding hydrogens is 430 g/mol. The summed E-state index contributed by atoms with van der Waals surface area (Å²) in [4.78, 5) is 32.1. The third kappa shape index (κ3) is 5.41. The zero-order valence-electron chi connectivity index (χ0n) is 17.6. The number of rotatable bonds is 9. The minimum atomic E-state index is -0.534. The fourth-order valence-electron chi connectivity index (χ4n) is 2.90. The molecule has 9 heteroatoms. The molecule has 0 fully saturated rings. The molecular formula is C23H22ClN5O3. The molecule has 2 aromatic carbocycles. The van der Waals surface area contributed by atoms with Crippen molar-refractivity contribution in [2.75, 3.05) is 17.7 Å². The summed E-state index contributed by atoms with van der Waals surface area (Å²) in [6, 6.07) is 10.3. The number of aromatic nitrogens is 2. The molecule has 0 aliphatic heterocycles. The molecule has 4 N–H and O–H groups in total. The number of hydrogen-bond acceptors (Lipinski definition) is 7. The van der Waals surface area contributed by atoms with Crippen molar-refractivity contribution >= 4 is 46.4 Å². The van der Waals surface area contributed by atoms with Gasteiger partial charge in [0.05, 0.1) is 13.3 Å². The summed E-state index contributed by atoms with van der Waals surface area (Å²) in [5.41, 5.74) is 8.58. The van der Waals surface area contributed by atoms with Crippen LogP contribution < -0.4 is 21.1 Å². The van der Waals surface area contributed by atoms with E-state index in [4.69, 9.17) is 22.1 Å². The molecule has 0 unspecified atom stereocenters. The molecule has 8 nitrogen and oxygen atoms in total. The molecule has 1 amide bonds. The predicted octanol–water partition coefficient (Wildman–Crippen LogP) is 4.33. The summed E-state index contributed by atoms with van der Waals surface area (Å²) in [7, 11) is 1.55. The third-order valence-electron chi connectivity index (χ3n) is 4.67. The van der Waals surface area contributed by atoms with Crippen LogP contribution in [0.5, 0.6) is 5.75 Å². The smallest absolute Gasteiger partial charge is 0.248 e. The topological polar surface area (TPSA) is 119 Å². The molecule has 164 valence electrons. The van der Waals surface area contributed by atoms with Crippen molar-refractivity contribution in [1.82, 2.24) is 9.97 Å². The van der Waals surface area contributed by atoms with Gasteiger partial charge in [0.2, 0.25) is 11.9 Å². The number of anilines is 4. The second-order valence-electron chi connectivity index (χ2n) is 6.90. The standard InChI is InChI=1S/C23H22ClN5O3/c1-4-16(30)9-15-10-17(32-3)7-8-19(15)27-22-18(24)12-26-23(29-22)28-20-11-14(21(25)31)6-5-13(20)2/h4-8,10-12H,1,9H2,2-3H3,(H2,25,31)(H2,26,27,28,29). The monoisotopic (exact) mass is 451 g/mol. The number of carbonyl (C=O) groups excluding carboxylic acids is 2. The van der Waals surface area contributed by atoms with Crippen LogP contribution in [0, 0.1) is 6.92 Å². The van der Waals surface area contributed by atoms with Crippen molar-refractivity contribution in [3.8, 4) is 5.75 Å². The molecule has 0 aliphatic carbocycles. The lowest BCUT2D eigenvalue weighted by molar-refractivity contribution is -0.114. The highest BCUT2D eigenvalue weighted by Gasteiger charge is 2.13. The largest absolute Gasteiger partial charge is 0.497 e. The number of nitrogens with two attached hydrogens (primary N) is 1. The summed E-state index contributed by atoms with van der Waals surface area (Å²) in [6.07, 6.45) is 2.85. The van der Waals surface area contributed by atoms with Gasteiger partial charge in [-0.05, 0) is 54.5 Å². The maximum absolute atomic E-state index is 11.9. The first kappa shape index (κ1) is 22.8. The highest BCUT2D eigenvalue weighted by Crippen LogP contribution is 2.30. The van der Waals surface area contributed by atoms with Gasteiger partial charge in [-0.3, -0.25) is 9.59 Å². The van der Waals surface area contributed by atoms with Gasteiger partial charge in [-0.25, -0.2) is 4.98 Å². The van der Waals surface area contributed by atoms with E-state index in [1.165, 1.54) is 12.3 Å². The van der Waals surface area contributed by atoms with Crippen LogP contribution in [0.2, 0.25) is 5.02 Å². The van der Waals surface area contributed by atoms with Crippen molar-refractivity contribution in [2.45, 2.75) is 13.3 Å². The normalized spacial score (nSPS) is 10.3. The van der Waals surface area contributed by atoms with E-state index in [0.717, 1.165) is 5.56 Å². The minimum Gasteiger partial charge on any atom is -0.497 e. The van der Waals surface area contributed by atoms with Crippen LogP contribution in [0.25, 0.3) is 0 Å². The Labute approximate surface area is 190 Å². The number of hydrogen-bond donors (Lipinski definition) is 3. The van der Waals surface area contributed by atoms with Crippen molar-refractivity contribution in [2.24, 2.45) is 5.73 Å². The molecule has 3 rings (SSSR count). The molecule has 0 saturated carbocycles. The SMILES string of the molecule is C=CC(=O)Cc1cc(OC)ccc1Nc1nc(Nc2cc(C(N)=O)ccc2C)ncc1Cl. The average Bonchev–Trinajstić information content (AvgIpc) is 2.78. The fourth-order valence-corrected chi connectivity index (χ4v) is 3.04. The molecule has 0 radical (unpaired) electrons. The number of ketones is 1. The van der Waals surface area contributed by atoms with E-state index in [2.05, 4.69) is 27.2 Å². The number of methoxy groups -OCH3 is 1. The molecule has 0 saturated heterocycles. The summed E-state index contributed by atoms with van der Waals surface area (Å²) in [5.74, 6) is 0.545. The van der Waals surface area contributed by atoms with Crippen molar-refractivity contribution in [1.29, 1.82) is 0 Å². The maximum Gasteiger partial charge on any atom is 0.248 e. The summed E-state index contributed by atoms with van der Waals surface area (Å²) in [5, 5.41) is 6.52. The van der Waals surface area contributed by atoms with Crippen LogP contribution in [0.4, 0.5) is 23.1 Å². The van der Waals surface area contributed by atoms with Gasteiger partial charge in [0, 0.05) is 23.4 Å². The van der Waals surface area contributed by atoms with Gasteiger partial charge in [-0.1, -0.05) is 24.2 Å². The molecule has 0 aliphatic rings. The van der Waals surface area contributed by atoms with Crippen LogP contribution in [0.3, 0.4) is 0 Å². The van der Waals surface area contributed by atoms with E-state index >= 15 is 0 Å². The van der Waals surface area contributed by atoms with E-state index < -0.39 is 5.91 Å². The van der Waals surface area contributed by atoms with Crippen LogP contribution in [0.1, 0.15) is 21.5 Å². The van der Waals surface area contributed by atoms with Crippen molar-refractivity contribution in [3.63, 3.8) is 0 Å². The van der Waals surface area contributed by atoms with Gasteiger partial charge < -0.3 is 21.1 Å². The molecule has 0 spiro atoms. The van der Waals surface area contributed by atoms with E-state index in [-0.39, 0.29) is 23.2 Å². The molecule has 3 aromatic rings. The lowest BCUT2D eigenvalue weighted by Crippen LogP contribution is -2.11. The highest BCUT2D eigenvalue weighted by molar-refractivity contribution is 6.33. The number of nitrogens with one attached hydrogen (secondary N) is 2. The lowest BCUT2D eigenvalue weighted by Gasteiger charge is -2.15. The van der Waals surface area contributed by atoms with E-state index in [9.17, 15) is 9.59 Å². The third-order valence-corrected chi connectivity index (χ3v) is 4.95. The average molecular weight is 452 g/mol. The number of aryl methyl sites for hydroxylation is 1. The first-order valence-electron chi connectivity index (χ1n) is 9.60. The molecule has 1 heterocycles. The molecule has 0 bridgehead atoms. The number of benzene rings is 2. The van der Waals surface area contributed by atoms with E-state index in [1.54, 1.807) is 43.5 Å². The molecule has 0 atom stereocenters.